The predicted octanol–water partition coefficient (Wildman–Crippen LogP) is 1.28. The van der Waals surface area contributed by atoms with Gasteiger partial charge in [0.2, 0.25) is 0 Å². The fourth-order valence-electron chi connectivity index (χ4n) is 0.895. The van der Waals surface area contributed by atoms with Crippen molar-refractivity contribution in [3.63, 3.8) is 0 Å². The van der Waals surface area contributed by atoms with E-state index < -0.39 is 0 Å². The van der Waals surface area contributed by atoms with Gasteiger partial charge in [-0.2, -0.15) is 0 Å². The van der Waals surface area contributed by atoms with Crippen LogP contribution in [0.5, 0.6) is 0 Å². The number of aromatic nitrogens is 2. The summed E-state index contributed by atoms with van der Waals surface area (Å²) in [6.45, 7) is 0. The van der Waals surface area contributed by atoms with Gasteiger partial charge in [-0.1, -0.05) is 11.8 Å². The maximum atomic E-state index is 11.4. The van der Waals surface area contributed by atoms with E-state index in [1.54, 1.807) is 13.2 Å². The topological polar surface area (TPSA) is 54.9 Å². The summed E-state index contributed by atoms with van der Waals surface area (Å²) in [6.07, 6.45) is 5.35. The van der Waals surface area contributed by atoms with E-state index in [9.17, 15) is 4.79 Å². The van der Waals surface area contributed by atoms with Crippen molar-refractivity contribution >= 4 is 29.4 Å². The monoisotopic (exact) mass is 229 g/mol. The van der Waals surface area contributed by atoms with Crippen LogP contribution < -0.4 is 5.32 Å². The van der Waals surface area contributed by atoms with Crippen LogP contribution in [0.15, 0.2) is 16.4 Å². The van der Waals surface area contributed by atoms with E-state index >= 15 is 0 Å². The van der Waals surface area contributed by atoms with Crippen molar-refractivity contribution in [3.05, 3.63) is 11.8 Å². The molecule has 0 saturated carbocycles. The number of nitrogens with one attached hydrogen (secondary N) is 1. The molecule has 76 valence electrons. The van der Waals surface area contributed by atoms with Crippen LogP contribution in [0, 0.1) is 0 Å². The van der Waals surface area contributed by atoms with Crippen molar-refractivity contribution in [1.29, 1.82) is 0 Å². The van der Waals surface area contributed by atoms with Crippen molar-refractivity contribution in [2.24, 2.45) is 0 Å². The molecule has 0 bridgehead atoms. The Hall–Kier alpha value is -0.750. The van der Waals surface area contributed by atoms with Crippen LogP contribution in [0.1, 0.15) is 10.4 Å². The zero-order valence-corrected chi connectivity index (χ0v) is 9.83. The normalized spacial score (nSPS) is 9.93. The highest BCUT2D eigenvalue weighted by Crippen LogP contribution is 2.19. The van der Waals surface area contributed by atoms with Gasteiger partial charge in [-0.3, -0.25) is 4.79 Å². The summed E-state index contributed by atoms with van der Waals surface area (Å²) in [6, 6.07) is 0. The highest BCUT2D eigenvalue weighted by Gasteiger charge is 2.11. The quantitative estimate of drug-likeness (QED) is 0.481. The molecule has 0 unspecified atom stereocenters. The molecular formula is C8H11N3OS2. The molecule has 4 nitrogen and oxygen atoms in total. The lowest BCUT2D eigenvalue weighted by atomic mass is 10.3. The Morgan fingerprint density at radius 1 is 1.43 bits per heavy atom. The fraction of sp³-hybridized carbons (Fsp3) is 0.375. The average Bonchev–Trinajstić information content (AvgIpc) is 2.27. The molecule has 1 aromatic rings. The Morgan fingerprint density at radius 2 is 2.14 bits per heavy atom. The number of hydrogen-bond donors (Lipinski definition) is 1. The zero-order chi connectivity index (χ0) is 10.6. The van der Waals surface area contributed by atoms with Crippen molar-refractivity contribution in [1.82, 2.24) is 15.3 Å². The molecule has 1 aromatic heterocycles. The SMILES string of the molecule is CNC(=O)c1cnc(SC)nc1SC. The minimum absolute atomic E-state index is 0.151. The minimum atomic E-state index is -0.151. The van der Waals surface area contributed by atoms with Crippen molar-refractivity contribution in [3.8, 4) is 0 Å². The van der Waals surface area contributed by atoms with Crippen LogP contribution in [-0.2, 0) is 0 Å². The number of nitrogens with zero attached hydrogens (tertiary/aromatic N) is 2. The Kier molecular flexibility index (Phi) is 4.21. The van der Waals surface area contributed by atoms with E-state index in [1.165, 1.54) is 23.5 Å². The molecule has 0 aromatic carbocycles. The maximum Gasteiger partial charge on any atom is 0.255 e. The van der Waals surface area contributed by atoms with Crippen LogP contribution in [0.2, 0.25) is 0 Å². The number of amides is 1. The summed E-state index contributed by atoms with van der Waals surface area (Å²) >= 11 is 2.90. The zero-order valence-electron chi connectivity index (χ0n) is 8.20. The first kappa shape index (κ1) is 11.3. The lowest BCUT2D eigenvalue weighted by Crippen LogP contribution is -2.19. The Bertz CT molecular complexity index is 343. The van der Waals surface area contributed by atoms with Crippen molar-refractivity contribution < 1.29 is 4.79 Å². The first-order valence-electron chi connectivity index (χ1n) is 3.90. The molecule has 0 aliphatic carbocycles. The second-order valence-corrected chi connectivity index (χ2v) is 3.93. The van der Waals surface area contributed by atoms with Gasteiger partial charge in [0.1, 0.15) is 5.03 Å². The van der Waals surface area contributed by atoms with Crippen molar-refractivity contribution in [2.75, 3.05) is 19.6 Å². The van der Waals surface area contributed by atoms with Gasteiger partial charge < -0.3 is 5.32 Å². The van der Waals surface area contributed by atoms with Crippen LogP contribution in [0.3, 0.4) is 0 Å². The molecule has 0 atom stereocenters. The Labute approximate surface area is 91.3 Å². The summed E-state index contributed by atoms with van der Waals surface area (Å²) in [5, 5.41) is 3.95. The molecule has 0 aliphatic heterocycles. The van der Waals surface area contributed by atoms with Gasteiger partial charge in [-0.25, -0.2) is 9.97 Å². The molecule has 0 radical (unpaired) electrons. The van der Waals surface area contributed by atoms with Crippen LogP contribution in [0.25, 0.3) is 0 Å². The van der Waals surface area contributed by atoms with Crippen LogP contribution >= 0.6 is 23.5 Å². The van der Waals surface area contributed by atoms with Crippen molar-refractivity contribution in [2.45, 2.75) is 10.2 Å². The first-order chi connectivity index (χ1) is 6.72. The van der Waals surface area contributed by atoms with E-state index in [0.717, 1.165) is 0 Å². The van der Waals surface area contributed by atoms with E-state index in [4.69, 9.17) is 0 Å². The standard InChI is InChI=1S/C8H11N3OS2/c1-9-6(12)5-4-10-8(14-3)11-7(5)13-2/h4H,1-3H3,(H,9,12). The molecular weight excluding hydrogens is 218 g/mol. The number of carbonyl (C=O) groups is 1. The molecule has 0 spiro atoms. The Morgan fingerprint density at radius 3 is 2.64 bits per heavy atom. The molecule has 6 heteroatoms. The largest absolute Gasteiger partial charge is 0.355 e. The third kappa shape index (κ3) is 2.39. The number of hydrogen-bond acceptors (Lipinski definition) is 5. The molecule has 1 amide bonds. The molecule has 1 heterocycles. The van der Waals surface area contributed by atoms with Crippen LogP contribution in [-0.4, -0.2) is 35.4 Å². The lowest BCUT2D eigenvalue weighted by Gasteiger charge is -2.05. The summed E-state index contributed by atoms with van der Waals surface area (Å²) in [4.78, 5) is 19.7. The summed E-state index contributed by atoms with van der Waals surface area (Å²) in [7, 11) is 1.59. The van der Waals surface area contributed by atoms with E-state index in [2.05, 4.69) is 15.3 Å². The predicted molar refractivity (Wildman–Crippen MR) is 59.0 cm³/mol. The number of thioether (sulfide) groups is 2. The Balaban J connectivity index is 3.11. The third-order valence-corrected chi connectivity index (χ3v) is 2.84. The molecule has 0 fully saturated rings. The molecule has 14 heavy (non-hydrogen) atoms. The summed E-state index contributed by atoms with van der Waals surface area (Å²) < 4.78 is 0. The maximum absolute atomic E-state index is 11.4. The lowest BCUT2D eigenvalue weighted by molar-refractivity contribution is 0.0958. The van der Waals surface area contributed by atoms with Gasteiger partial charge >= 0.3 is 0 Å². The molecule has 1 N–H and O–H groups in total. The summed E-state index contributed by atoms with van der Waals surface area (Å²) in [5.74, 6) is -0.151. The fourth-order valence-corrected chi connectivity index (χ4v) is 1.84. The molecule has 0 aliphatic rings. The van der Waals surface area contributed by atoms with Gasteiger partial charge in [0.05, 0.1) is 5.56 Å². The summed E-state index contributed by atoms with van der Waals surface area (Å²) in [5.41, 5.74) is 0.526. The first-order valence-corrected chi connectivity index (χ1v) is 6.35. The molecule has 0 saturated heterocycles. The second-order valence-electron chi connectivity index (χ2n) is 2.36. The number of carbonyl (C=O) groups excluding carboxylic acids is 1. The second kappa shape index (κ2) is 5.21. The van der Waals surface area contributed by atoms with E-state index in [-0.39, 0.29) is 5.91 Å². The van der Waals surface area contributed by atoms with Gasteiger partial charge in [0.25, 0.3) is 5.91 Å². The van der Waals surface area contributed by atoms with E-state index in [1.807, 2.05) is 12.5 Å². The van der Waals surface area contributed by atoms with Crippen LogP contribution in [0.4, 0.5) is 0 Å². The van der Waals surface area contributed by atoms with Gasteiger partial charge in [0.15, 0.2) is 5.16 Å². The number of rotatable bonds is 3. The van der Waals surface area contributed by atoms with Gasteiger partial charge in [-0.05, 0) is 12.5 Å². The minimum Gasteiger partial charge on any atom is -0.355 e. The third-order valence-electron chi connectivity index (χ3n) is 1.58. The smallest absolute Gasteiger partial charge is 0.255 e. The average molecular weight is 229 g/mol. The highest BCUT2D eigenvalue weighted by atomic mass is 32.2. The molecule has 1 rings (SSSR count). The van der Waals surface area contributed by atoms with E-state index in [0.29, 0.717) is 15.7 Å². The highest BCUT2D eigenvalue weighted by molar-refractivity contribution is 7.99. The van der Waals surface area contributed by atoms with Gasteiger partial charge in [-0.15, -0.1) is 11.8 Å². The van der Waals surface area contributed by atoms with Gasteiger partial charge in [0, 0.05) is 13.2 Å².